The standard InChI is InChI=1S/C21H16ClF2N3O4/c1-11(28)31-18-9-14(24)3-5-15(18)20(29)26-17-6-4-13(23)8-16(17)21(30)27-19-7-2-12(22)10-25-19/h2-10,20,26,29H,1H3,(H,25,27,30). The Balaban J connectivity index is 1.88. The lowest BCUT2D eigenvalue weighted by molar-refractivity contribution is -0.132. The van der Waals surface area contributed by atoms with Crippen molar-refractivity contribution in [2.24, 2.45) is 0 Å². The van der Waals surface area contributed by atoms with Gasteiger partial charge in [-0.15, -0.1) is 0 Å². The lowest BCUT2D eigenvalue weighted by atomic mass is 10.1. The summed E-state index contributed by atoms with van der Waals surface area (Å²) in [6.45, 7) is 1.13. The third kappa shape index (κ3) is 5.74. The molecule has 10 heteroatoms. The van der Waals surface area contributed by atoms with Crippen LogP contribution in [0.2, 0.25) is 5.02 Å². The molecule has 3 rings (SSSR count). The van der Waals surface area contributed by atoms with Gasteiger partial charge >= 0.3 is 5.97 Å². The van der Waals surface area contributed by atoms with Crippen molar-refractivity contribution in [1.29, 1.82) is 0 Å². The molecule has 1 amide bonds. The van der Waals surface area contributed by atoms with E-state index in [1.165, 1.54) is 30.5 Å². The Morgan fingerprint density at radius 1 is 1.10 bits per heavy atom. The Labute approximate surface area is 180 Å². The largest absolute Gasteiger partial charge is 0.426 e. The fraction of sp³-hybridized carbons (Fsp3) is 0.0952. The number of aromatic nitrogens is 1. The number of halogens is 3. The van der Waals surface area contributed by atoms with Crippen molar-refractivity contribution in [1.82, 2.24) is 4.98 Å². The molecule has 3 N–H and O–H groups in total. The lowest BCUT2D eigenvalue weighted by Gasteiger charge is -2.19. The number of benzene rings is 2. The van der Waals surface area contributed by atoms with Crippen LogP contribution in [-0.4, -0.2) is 22.0 Å². The van der Waals surface area contributed by atoms with E-state index in [0.29, 0.717) is 5.02 Å². The highest BCUT2D eigenvalue weighted by Gasteiger charge is 2.20. The number of aliphatic hydroxyl groups excluding tert-OH is 1. The number of amides is 1. The number of carbonyl (C=O) groups is 2. The average Bonchev–Trinajstić information content (AvgIpc) is 2.70. The topological polar surface area (TPSA) is 101 Å². The maximum absolute atomic E-state index is 13.8. The minimum atomic E-state index is -1.51. The van der Waals surface area contributed by atoms with Crippen molar-refractivity contribution in [3.63, 3.8) is 0 Å². The Morgan fingerprint density at radius 3 is 2.48 bits per heavy atom. The summed E-state index contributed by atoms with van der Waals surface area (Å²) < 4.78 is 32.3. The summed E-state index contributed by atoms with van der Waals surface area (Å²) in [6.07, 6.45) is -0.183. The second-order valence-electron chi connectivity index (χ2n) is 6.33. The van der Waals surface area contributed by atoms with Crippen LogP contribution in [0.25, 0.3) is 0 Å². The second-order valence-corrected chi connectivity index (χ2v) is 6.76. The summed E-state index contributed by atoms with van der Waals surface area (Å²) in [5.74, 6) is -2.80. The summed E-state index contributed by atoms with van der Waals surface area (Å²) in [5, 5.41) is 16.1. The summed E-state index contributed by atoms with van der Waals surface area (Å²) in [4.78, 5) is 27.9. The molecule has 3 aromatic rings. The van der Waals surface area contributed by atoms with E-state index in [-0.39, 0.29) is 28.4 Å². The van der Waals surface area contributed by atoms with Crippen LogP contribution in [0.4, 0.5) is 20.3 Å². The Morgan fingerprint density at radius 2 is 1.81 bits per heavy atom. The Hall–Kier alpha value is -3.56. The van der Waals surface area contributed by atoms with Crippen molar-refractivity contribution in [3.8, 4) is 5.75 Å². The fourth-order valence-corrected chi connectivity index (χ4v) is 2.78. The predicted octanol–water partition coefficient (Wildman–Crippen LogP) is 4.29. The van der Waals surface area contributed by atoms with Crippen LogP contribution < -0.4 is 15.4 Å². The first-order chi connectivity index (χ1) is 14.7. The van der Waals surface area contributed by atoms with E-state index < -0.39 is 29.7 Å². The number of hydrogen-bond donors (Lipinski definition) is 3. The van der Waals surface area contributed by atoms with E-state index in [2.05, 4.69) is 15.6 Å². The molecule has 7 nitrogen and oxygen atoms in total. The molecule has 1 aromatic heterocycles. The van der Waals surface area contributed by atoms with E-state index >= 15 is 0 Å². The highest BCUT2D eigenvalue weighted by atomic mass is 35.5. The van der Waals surface area contributed by atoms with Crippen LogP contribution in [0.5, 0.6) is 5.75 Å². The maximum Gasteiger partial charge on any atom is 0.308 e. The Kier molecular flexibility index (Phi) is 6.78. The van der Waals surface area contributed by atoms with Crippen LogP contribution >= 0.6 is 11.6 Å². The minimum absolute atomic E-state index is 0.0339. The van der Waals surface area contributed by atoms with Gasteiger partial charge in [-0.1, -0.05) is 11.6 Å². The number of aliphatic hydroxyl groups is 1. The molecule has 0 aliphatic rings. The van der Waals surface area contributed by atoms with Gasteiger partial charge in [-0.05, 0) is 42.5 Å². The van der Waals surface area contributed by atoms with Crippen molar-refractivity contribution >= 4 is 35.0 Å². The molecule has 1 unspecified atom stereocenters. The Bertz CT molecular complexity index is 1130. The van der Waals surface area contributed by atoms with Gasteiger partial charge in [0.15, 0.2) is 6.23 Å². The normalized spacial score (nSPS) is 11.5. The molecular formula is C21H16ClF2N3O4. The molecule has 0 saturated carbocycles. The van der Waals surface area contributed by atoms with E-state index in [9.17, 15) is 23.5 Å². The molecule has 31 heavy (non-hydrogen) atoms. The summed E-state index contributed by atoms with van der Waals surface area (Å²) in [5.41, 5.74) is -0.0305. The second kappa shape index (κ2) is 9.50. The molecule has 0 fully saturated rings. The van der Waals surface area contributed by atoms with Gasteiger partial charge in [-0.2, -0.15) is 0 Å². The van der Waals surface area contributed by atoms with Crippen molar-refractivity contribution < 1.29 is 28.2 Å². The summed E-state index contributed by atoms with van der Waals surface area (Å²) in [7, 11) is 0. The zero-order valence-corrected chi connectivity index (χ0v) is 16.8. The number of anilines is 2. The van der Waals surface area contributed by atoms with Gasteiger partial charge < -0.3 is 20.5 Å². The quantitative estimate of drug-likeness (QED) is 0.296. The minimum Gasteiger partial charge on any atom is -0.426 e. The van der Waals surface area contributed by atoms with Crippen molar-refractivity contribution in [2.75, 3.05) is 10.6 Å². The maximum atomic E-state index is 13.8. The van der Waals surface area contributed by atoms with Gasteiger partial charge in [0.1, 0.15) is 23.2 Å². The van der Waals surface area contributed by atoms with E-state index in [0.717, 1.165) is 31.2 Å². The van der Waals surface area contributed by atoms with Crippen molar-refractivity contribution in [3.05, 3.63) is 82.5 Å². The van der Waals surface area contributed by atoms with Gasteiger partial charge in [-0.25, -0.2) is 13.8 Å². The molecule has 0 spiro atoms. The van der Waals surface area contributed by atoms with E-state index in [1.807, 2.05) is 0 Å². The van der Waals surface area contributed by atoms with Gasteiger partial charge in [0.25, 0.3) is 5.91 Å². The highest BCUT2D eigenvalue weighted by molar-refractivity contribution is 6.30. The summed E-state index contributed by atoms with van der Waals surface area (Å²) in [6, 6.07) is 9.50. The zero-order chi connectivity index (χ0) is 22.5. The van der Waals surface area contributed by atoms with Gasteiger partial charge in [0.2, 0.25) is 0 Å². The van der Waals surface area contributed by atoms with E-state index in [4.69, 9.17) is 16.3 Å². The number of esters is 1. The molecule has 1 heterocycles. The van der Waals surface area contributed by atoms with E-state index in [1.54, 1.807) is 0 Å². The smallest absolute Gasteiger partial charge is 0.308 e. The SMILES string of the molecule is CC(=O)Oc1cc(F)ccc1C(O)Nc1ccc(F)cc1C(=O)Nc1ccc(Cl)cn1. The molecular weight excluding hydrogens is 432 g/mol. The van der Waals surface area contributed by atoms with Crippen molar-refractivity contribution in [2.45, 2.75) is 13.2 Å². The molecule has 0 radical (unpaired) electrons. The number of carbonyl (C=O) groups excluding carboxylic acids is 2. The third-order valence-corrected chi connectivity index (χ3v) is 4.23. The third-order valence-electron chi connectivity index (χ3n) is 4.01. The molecule has 1 atom stereocenters. The zero-order valence-electron chi connectivity index (χ0n) is 16.0. The first-order valence-corrected chi connectivity index (χ1v) is 9.25. The summed E-state index contributed by atoms with van der Waals surface area (Å²) >= 11 is 5.76. The highest BCUT2D eigenvalue weighted by Crippen LogP contribution is 2.29. The average molecular weight is 448 g/mol. The molecule has 0 bridgehead atoms. The lowest BCUT2D eigenvalue weighted by Crippen LogP contribution is -2.18. The number of nitrogens with zero attached hydrogens (tertiary/aromatic N) is 1. The fourth-order valence-electron chi connectivity index (χ4n) is 2.67. The first-order valence-electron chi connectivity index (χ1n) is 8.88. The number of pyridine rings is 1. The van der Waals surface area contributed by atoms with Crippen LogP contribution in [0.15, 0.2) is 54.7 Å². The number of rotatable bonds is 6. The van der Waals surface area contributed by atoms with Gasteiger partial charge in [0.05, 0.1) is 10.6 Å². The number of ether oxygens (including phenoxy) is 1. The number of hydrogen-bond acceptors (Lipinski definition) is 6. The van der Waals surface area contributed by atoms with Gasteiger partial charge in [-0.3, -0.25) is 9.59 Å². The first kappa shape index (κ1) is 22.1. The molecule has 2 aromatic carbocycles. The molecule has 160 valence electrons. The predicted molar refractivity (Wildman–Crippen MR) is 110 cm³/mol. The van der Waals surface area contributed by atoms with Crippen LogP contribution in [0, 0.1) is 11.6 Å². The van der Waals surface area contributed by atoms with Crippen LogP contribution in [-0.2, 0) is 4.79 Å². The molecule has 0 aliphatic heterocycles. The molecule has 0 aliphatic carbocycles. The molecule has 0 saturated heterocycles. The van der Waals surface area contributed by atoms with Crippen LogP contribution in [0.1, 0.15) is 29.1 Å². The monoisotopic (exact) mass is 447 g/mol. The van der Waals surface area contributed by atoms with Crippen LogP contribution in [0.3, 0.4) is 0 Å². The van der Waals surface area contributed by atoms with Gasteiger partial charge in [0, 0.05) is 30.4 Å². The number of nitrogens with one attached hydrogen (secondary N) is 2.